The second-order valence-electron chi connectivity index (χ2n) is 8.90. The van der Waals surface area contributed by atoms with E-state index in [1.165, 1.54) is 7.11 Å². The molecule has 1 heterocycles. The van der Waals surface area contributed by atoms with Gasteiger partial charge in [-0.25, -0.2) is 0 Å². The maximum Gasteiger partial charge on any atom is 0.293 e. The third-order valence-corrected chi connectivity index (χ3v) is 7.85. The lowest BCUT2D eigenvalue weighted by Gasteiger charge is -2.15. The van der Waals surface area contributed by atoms with Crippen molar-refractivity contribution in [3.05, 3.63) is 80.1 Å². The largest absolute Gasteiger partial charge is 0.493 e. The molecular weight excluding hydrogens is 648 g/mol. The molecule has 3 aromatic rings. The highest BCUT2D eigenvalue weighted by Gasteiger charge is 2.35. The van der Waals surface area contributed by atoms with Crippen molar-refractivity contribution in [3.8, 4) is 23.0 Å². The maximum absolute atomic E-state index is 13.0. The van der Waals surface area contributed by atoms with Crippen LogP contribution in [-0.2, 0) is 9.59 Å². The van der Waals surface area contributed by atoms with Crippen LogP contribution in [0.5, 0.6) is 23.0 Å². The average molecular weight is 676 g/mol. The number of methoxy groups -OCH3 is 1. The fourth-order valence-electron chi connectivity index (χ4n) is 3.91. The monoisotopic (exact) mass is 674 g/mol. The van der Waals surface area contributed by atoms with Crippen molar-refractivity contribution >= 4 is 68.1 Å². The molecule has 3 aromatic carbocycles. The van der Waals surface area contributed by atoms with Crippen LogP contribution < -0.4 is 24.3 Å². The van der Waals surface area contributed by atoms with Crippen molar-refractivity contribution in [3.63, 3.8) is 0 Å². The lowest BCUT2D eigenvalue weighted by molar-refractivity contribution is -0.123. The lowest BCUT2D eigenvalue weighted by Crippen LogP contribution is -2.32. The van der Waals surface area contributed by atoms with Gasteiger partial charge in [0.05, 0.1) is 29.6 Å². The predicted molar refractivity (Wildman–Crippen MR) is 167 cm³/mol. The number of anilines is 1. The van der Waals surface area contributed by atoms with E-state index in [4.69, 9.17) is 30.5 Å². The van der Waals surface area contributed by atoms with E-state index in [1.54, 1.807) is 42.5 Å². The van der Waals surface area contributed by atoms with Gasteiger partial charge in [-0.05, 0) is 95.1 Å². The van der Waals surface area contributed by atoms with E-state index in [9.17, 15) is 14.4 Å². The molecule has 0 atom stereocenters. The van der Waals surface area contributed by atoms with Gasteiger partial charge in [-0.1, -0.05) is 29.8 Å². The van der Waals surface area contributed by atoms with Crippen LogP contribution in [0.15, 0.2) is 64.0 Å². The van der Waals surface area contributed by atoms with Gasteiger partial charge < -0.3 is 24.3 Å². The second-order valence-corrected chi connectivity index (χ2v) is 11.2. The van der Waals surface area contributed by atoms with E-state index in [0.29, 0.717) is 50.4 Å². The third-order valence-electron chi connectivity index (χ3n) is 5.95. The molecule has 1 saturated heterocycles. The fourth-order valence-corrected chi connectivity index (χ4v) is 5.53. The number of nitrogens with one attached hydrogen (secondary N) is 1. The highest BCUT2D eigenvalue weighted by atomic mass is 79.9. The molecule has 12 heteroatoms. The molecule has 9 nitrogen and oxygen atoms in total. The van der Waals surface area contributed by atoms with Crippen LogP contribution in [0.2, 0.25) is 5.02 Å². The van der Waals surface area contributed by atoms with Gasteiger partial charge >= 0.3 is 0 Å². The fraction of sp³-hybridized carbons (Fsp3) is 0.233. The zero-order chi connectivity index (χ0) is 30.2. The van der Waals surface area contributed by atoms with Crippen molar-refractivity contribution in [2.24, 2.45) is 0 Å². The summed E-state index contributed by atoms with van der Waals surface area (Å²) in [6.07, 6.45) is 1.61. The van der Waals surface area contributed by atoms with Crippen molar-refractivity contribution in [2.45, 2.75) is 13.8 Å². The van der Waals surface area contributed by atoms with E-state index in [-0.39, 0.29) is 35.8 Å². The summed E-state index contributed by atoms with van der Waals surface area (Å²) >= 11 is 10.5. The number of ether oxygens (including phenoxy) is 4. The first-order chi connectivity index (χ1) is 20.2. The smallest absolute Gasteiger partial charge is 0.293 e. The molecule has 1 aliphatic rings. The predicted octanol–water partition coefficient (Wildman–Crippen LogP) is 6.95. The first kappa shape index (κ1) is 31.3. The van der Waals surface area contributed by atoms with E-state index < -0.39 is 5.91 Å². The molecule has 3 amide bonds. The van der Waals surface area contributed by atoms with Gasteiger partial charge in [0, 0.05) is 10.7 Å². The lowest BCUT2D eigenvalue weighted by atomic mass is 10.2. The SMILES string of the molecule is CCOc1cc(/C=C2\SC(=O)N(CCOc3ccccc3OC)C2=O)cc(Br)c1OCC(=O)Nc1ccc(C)c(Cl)c1. The topological polar surface area (TPSA) is 103 Å². The minimum Gasteiger partial charge on any atom is -0.493 e. The van der Waals surface area contributed by atoms with Gasteiger partial charge in [-0.3, -0.25) is 19.3 Å². The number of imide groups is 1. The Labute approximate surface area is 261 Å². The Bertz CT molecular complexity index is 1530. The van der Waals surface area contributed by atoms with Crippen LogP contribution >= 0.6 is 39.3 Å². The summed E-state index contributed by atoms with van der Waals surface area (Å²) in [7, 11) is 1.54. The number of thioether (sulfide) groups is 1. The summed E-state index contributed by atoms with van der Waals surface area (Å²) in [4.78, 5) is 39.5. The molecule has 0 bridgehead atoms. The molecule has 1 aliphatic heterocycles. The summed E-state index contributed by atoms with van der Waals surface area (Å²) in [6.45, 7) is 3.94. The highest BCUT2D eigenvalue weighted by molar-refractivity contribution is 9.10. The molecule has 220 valence electrons. The van der Waals surface area contributed by atoms with Crippen LogP contribution in [0.25, 0.3) is 6.08 Å². The van der Waals surface area contributed by atoms with Crippen molar-refractivity contribution in [1.82, 2.24) is 4.90 Å². The summed E-state index contributed by atoms with van der Waals surface area (Å²) < 4.78 is 23.0. The van der Waals surface area contributed by atoms with Crippen LogP contribution in [-0.4, -0.2) is 55.4 Å². The Kier molecular flexibility index (Phi) is 10.8. The zero-order valence-electron chi connectivity index (χ0n) is 23.1. The van der Waals surface area contributed by atoms with Gasteiger partial charge in [-0.2, -0.15) is 0 Å². The van der Waals surface area contributed by atoms with Gasteiger partial charge in [0.25, 0.3) is 17.1 Å². The Morgan fingerprint density at radius 1 is 1.05 bits per heavy atom. The summed E-state index contributed by atoms with van der Waals surface area (Å²) in [5.74, 6) is 0.982. The van der Waals surface area contributed by atoms with Crippen molar-refractivity contribution in [2.75, 3.05) is 38.8 Å². The van der Waals surface area contributed by atoms with Gasteiger partial charge in [-0.15, -0.1) is 0 Å². The third kappa shape index (κ3) is 7.78. The zero-order valence-corrected chi connectivity index (χ0v) is 26.2. The second kappa shape index (κ2) is 14.5. The summed E-state index contributed by atoms with van der Waals surface area (Å²) in [6, 6.07) is 15.8. The van der Waals surface area contributed by atoms with E-state index >= 15 is 0 Å². The first-order valence-electron chi connectivity index (χ1n) is 12.9. The molecule has 0 spiro atoms. The number of halogens is 2. The number of amides is 3. The maximum atomic E-state index is 13.0. The Morgan fingerprint density at radius 3 is 2.52 bits per heavy atom. The van der Waals surface area contributed by atoms with Crippen LogP contribution in [0.3, 0.4) is 0 Å². The number of benzene rings is 3. The highest BCUT2D eigenvalue weighted by Crippen LogP contribution is 2.39. The number of nitrogens with zero attached hydrogens (tertiary/aromatic N) is 1. The molecule has 0 aliphatic carbocycles. The van der Waals surface area contributed by atoms with Crippen LogP contribution in [0.1, 0.15) is 18.1 Å². The van der Waals surface area contributed by atoms with Gasteiger partial charge in [0.1, 0.15) is 6.61 Å². The Morgan fingerprint density at radius 2 is 1.81 bits per heavy atom. The summed E-state index contributed by atoms with van der Waals surface area (Å²) in [5.41, 5.74) is 2.06. The average Bonchev–Trinajstić information content (AvgIpc) is 3.22. The Hall–Kier alpha value is -3.67. The quantitative estimate of drug-likeness (QED) is 0.206. The molecule has 42 heavy (non-hydrogen) atoms. The number of hydrogen-bond acceptors (Lipinski definition) is 8. The number of hydrogen-bond donors (Lipinski definition) is 1. The molecule has 0 saturated carbocycles. The first-order valence-corrected chi connectivity index (χ1v) is 14.8. The normalized spacial score (nSPS) is 13.8. The molecule has 1 fully saturated rings. The van der Waals surface area contributed by atoms with Crippen LogP contribution in [0, 0.1) is 6.92 Å². The van der Waals surface area contributed by atoms with Crippen molar-refractivity contribution < 1.29 is 33.3 Å². The number of aryl methyl sites for hydroxylation is 1. The van der Waals surface area contributed by atoms with Gasteiger partial charge in [0.15, 0.2) is 29.6 Å². The summed E-state index contributed by atoms with van der Waals surface area (Å²) in [5, 5.41) is 2.90. The standard InChI is InChI=1S/C30H28BrClN2O7S/c1-4-39-25-14-19(13-21(31)28(25)41-17-27(35)33-20-10-9-18(2)22(32)16-20)15-26-29(36)34(30(37)42-26)11-12-40-24-8-6-5-7-23(24)38-3/h5-10,13-16H,4,11-12,17H2,1-3H3,(H,33,35)/b26-15-. The molecule has 0 radical (unpaired) electrons. The number of para-hydroxylation sites is 2. The van der Waals surface area contributed by atoms with E-state index in [2.05, 4.69) is 21.2 Å². The number of carbonyl (C=O) groups excluding carboxylic acids is 3. The van der Waals surface area contributed by atoms with Crippen LogP contribution in [0.4, 0.5) is 10.5 Å². The molecule has 0 aromatic heterocycles. The van der Waals surface area contributed by atoms with E-state index in [0.717, 1.165) is 22.2 Å². The minimum atomic E-state index is -0.420. The Balaban J connectivity index is 1.42. The van der Waals surface area contributed by atoms with Gasteiger partial charge in [0.2, 0.25) is 0 Å². The number of carbonyl (C=O) groups is 3. The van der Waals surface area contributed by atoms with Crippen molar-refractivity contribution in [1.29, 1.82) is 0 Å². The molecule has 0 unspecified atom stereocenters. The molecular formula is C30H28BrClN2O7S. The number of rotatable bonds is 12. The molecule has 4 rings (SSSR count). The minimum absolute atomic E-state index is 0.0809. The van der Waals surface area contributed by atoms with E-state index in [1.807, 2.05) is 32.0 Å². The molecule has 1 N–H and O–H groups in total.